The van der Waals surface area contributed by atoms with E-state index in [4.69, 9.17) is 0 Å². The fourth-order valence-corrected chi connectivity index (χ4v) is 4.25. The Morgan fingerprint density at radius 3 is 2.54 bits per heavy atom. The predicted octanol–water partition coefficient (Wildman–Crippen LogP) is 1.48. The minimum absolute atomic E-state index is 0.105. The summed E-state index contributed by atoms with van der Waals surface area (Å²) in [5.74, 6) is -0.0549. The number of hydrogen-bond donors (Lipinski definition) is 0. The van der Waals surface area contributed by atoms with Crippen molar-refractivity contribution in [2.45, 2.75) is 52.5 Å². The van der Waals surface area contributed by atoms with E-state index in [0.717, 1.165) is 39.0 Å². The molecular weight excluding hydrogens is 356 g/mol. The zero-order chi connectivity index (χ0) is 19.9. The third kappa shape index (κ3) is 5.10. The summed E-state index contributed by atoms with van der Waals surface area (Å²) in [4.78, 5) is 31.6. The molecule has 28 heavy (non-hydrogen) atoms. The lowest BCUT2D eigenvalue weighted by molar-refractivity contribution is -0.136. The van der Waals surface area contributed by atoms with Gasteiger partial charge in [0, 0.05) is 32.7 Å². The van der Waals surface area contributed by atoms with E-state index in [1.165, 1.54) is 19.3 Å². The van der Waals surface area contributed by atoms with Crippen molar-refractivity contribution >= 4 is 11.8 Å². The first-order valence-corrected chi connectivity index (χ1v) is 10.8. The van der Waals surface area contributed by atoms with E-state index in [2.05, 4.69) is 15.2 Å². The number of likely N-dealkylation sites (tertiary alicyclic amines) is 2. The van der Waals surface area contributed by atoms with Crippen molar-refractivity contribution in [3.63, 3.8) is 0 Å². The summed E-state index contributed by atoms with van der Waals surface area (Å²) in [5, 5.41) is 8.24. The molecule has 8 heteroatoms. The Labute approximate surface area is 167 Å². The van der Waals surface area contributed by atoms with Crippen molar-refractivity contribution in [3.8, 4) is 0 Å². The Morgan fingerprint density at radius 2 is 1.82 bits per heavy atom. The van der Waals surface area contributed by atoms with Crippen LogP contribution in [0.25, 0.3) is 0 Å². The molecule has 2 aliphatic rings. The predicted molar refractivity (Wildman–Crippen MR) is 107 cm³/mol. The van der Waals surface area contributed by atoms with Crippen molar-refractivity contribution in [2.24, 2.45) is 5.92 Å². The summed E-state index contributed by atoms with van der Waals surface area (Å²) in [6.45, 7) is 10.6. The SMILES string of the molecule is CCN(CC)C(=O)[C@@H]1CCCN(C(=O)c2cn(CCN3CCCCC3)nn2)C1. The average molecular weight is 391 g/mol. The third-order valence-electron chi connectivity index (χ3n) is 5.98. The number of nitrogens with zero attached hydrogens (tertiary/aromatic N) is 6. The van der Waals surface area contributed by atoms with Crippen molar-refractivity contribution in [2.75, 3.05) is 45.8 Å². The van der Waals surface area contributed by atoms with Crippen molar-refractivity contribution < 1.29 is 9.59 Å². The van der Waals surface area contributed by atoms with Crippen LogP contribution in [0.2, 0.25) is 0 Å². The molecule has 8 nitrogen and oxygen atoms in total. The lowest BCUT2D eigenvalue weighted by Crippen LogP contribution is -2.46. The van der Waals surface area contributed by atoms with Crippen LogP contribution >= 0.6 is 0 Å². The highest BCUT2D eigenvalue weighted by atomic mass is 16.2. The van der Waals surface area contributed by atoms with Crippen molar-refractivity contribution in [1.29, 1.82) is 0 Å². The van der Waals surface area contributed by atoms with Gasteiger partial charge in [0.1, 0.15) is 0 Å². The van der Waals surface area contributed by atoms with Crippen molar-refractivity contribution in [1.82, 2.24) is 29.7 Å². The monoisotopic (exact) mass is 390 g/mol. The fraction of sp³-hybridized carbons (Fsp3) is 0.800. The first-order chi connectivity index (χ1) is 13.6. The van der Waals surface area contributed by atoms with Gasteiger partial charge in [0.05, 0.1) is 18.7 Å². The van der Waals surface area contributed by atoms with Crippen LogP contribution < -0.4 is 0 Å². The molecule has 1 aromatic heterocycles. The highest BCUT2D eigenvalue weighted by Gasteiger charge is 2.31. The second-order valence-corrected chi connectivity index (χ2v) is 7.87. The van der Waals surface area contributed by atoms with Crippen LogP contribution in [-0.4, -0.2) is 87.3 Å². The highest BCUT2D eigenvalue weighted by molar-refractivity contribution is 5.92. The Balaban J connectivity index is 1.54. The van der Waals surface area contributed by atoms with Gasteiger partial charge in [-0.25, -0.2) is 0 Å². The molecule has 3 rings (SSSR count). The van der Waals surface area contributed by atoms with E-state index in [1.807, 2.05) is 18.7 Å². The van der Waals surface area contributed by atoms with Gasteiger partial charge in [-0.1, -0.05) is 11.6 Å². The quantitative estimate of drug-likeness (QED) is 0.705. The lowest BCUT2D eigenvalue weighted by Gasteiger charge is -2.34. The summed E-state index contributed by atoms with van der Waals surface area (Å²) in [6, 6.07) is 0. The molecular formula is C20H34N6O2. The molecule has 1 atom stereocenters. The van der Waals surface area contributed by atoms with E-state index in [-0.39, 0.29) is 17.7 Å². The molecule has 0 saturated carbocycles. The molecule has 2 fully saturated rings. The summed E-state index contributed by atoms with van der Waals surface area (Å²) in [7, 11) is 0. The van der Waals surface area contributed by atoms with Gasteiger partial charge in [-0.05, 0) is 52.6 Å². The van der Waals surface area contributed by atoms with Crippen molar-refractivity contribution in [3.05, 3.63) is 11.9 Å². The first-order valence-electron chi connectivity index (χ1n) is 10.8. The number of carbonyl (C=O) groups is 2. The van der Waals surface area contributed by atoms with Crippen LogP contribution in [0.3, 0.4) is 0 Å². The van der Waals surface area contributed by atoms with Crippen LogP contribution in [0.1, 0.15) is 56.4 Å². The highest BCUT2D eigenvalue weighted by Crippen LogP contribution is 2.20. The van der Waals surface area contributed by atoms with Crippen LogP contribution in [0.5, 0.6) is 0 Å². The second kappa shape index (κ2) is 10.0. The zero-order valence-electron chi connectivity index (χ0n) is 17.3. The molecule has 3 heterocycles. The minimum atomic E-state index is -0.110. The Hall–Kier alpha value is -1.96. The molecule has 0 bridgehead atoms. The zero-order valence-corrected chi connectivity index (χ0v) is 17.3. The molecule has 156 valence electrons. The van der Waals surface area contributed by atoms with E-state index >= 15 is 0 Å². The number of carbonyl (C=O) groups excluding carboxylic acids is 2. The summed E-state index contributed by atoms with van der Waals surface area (Å²) in [5.41, 5.74) is 0.384. The largest absolute Gasteiger partial charge is 0.343 e. The van der Waals surface area contributed by atoms with Gasteiger partial charge in [0.2, 0.25) is 5.91 Å². The maximum absolute atomic E-state index is 12.9. The third-order valence-corrected chi connectivity index (χ3v) is 5.98. The van der Waals surface area contributed by atoms with E-state index in [9.17, 15) is 9.59 Å². The molecule has 0 aromatic carbocycles. The molecule has 2 saturated heterocycles. The van der Waals surface area contributed by atoms with Crippen LogP contribution in [-0.2, 0) is 11.3 Å². The van der Waals surface area contributed by atoms with E-state index in [1.54, 1.807) is 15.8 Å². The molecule has 2 amide bonds. The Morgan fingerprint density at radius 1 is 1.07 bits per heavy atom. The number of hydrogen-bond acceptors (Lipinski definition) is 5. The summed E-state index contributed by atoms with van der Waals surface area (Å²) >= 11 is 0. The average Bonchev–Trinajstić information content (AvgIpc) is 3.22. The van der Waals surface area contributed by atoms with Gasteiger partial charge in [0.25, 0.3) is 5.91 Å². The minimum Gasteiger partial charge on any atom is -0.343 e. The van der Waals surface area contributed by atoms with Gasteiger partial charge in [-0.2, -0.15) is 0 Å². The summed E-state index contributed by atoms with van der Waals surface area (Å²) < 4.78 is 1.77. The normalized spacial score (nSPS) is 20.9. The maximum atomic E-state index is 12.9. The smallest absolute Gasteiger partial charge is 0.276 e. The Bertz CT molecular complexity index is 651. The standard InChI is InChI=1S/C20H34N6O2/c1-3-24(4-2)19(27)17-9-8-12-25(15-17)20(28)18-16-26(22-21-18)14-13-23-10-6-5-7-11-23/h16-17H,3-15H2,1-2H3/t17-/m1/s1. The maximum Gasteiger partial charge on any atom is 0.276 e. The topological polar surface area (TPSA) is 74.6 Å². The number of rotatable bonds is 7. The number of piperidine rings is 2. The second-order valence-electron chi connectivity index (χ2n) is 7.87. The van der Waals surface area contributed by atoms with Gasteiger partial charge in [-0.3, -0.25) is 14.3 Å². The van der Waals surface area contributed by atoms with Gasteiger partial charge >= 0.3 is 0 Å². The van der Waals surface area contributed by atoms with E-state index in [0.29, 0.717) is 31.9 Å². The first kappa shape index (κ1) is 20.8. The number of amides is 2. The molecule has 0 unspecified atom stereocenters. The van der Waals surface area contributed by atoms with E-state index < -0.39 is 0 Å². The van der Waals surface area contributed by atoms with Gasteiger partial charge < -0.3 is 14.7 Å². The molecule has 0 spiro atoms. The van der Waals surface area contributed by atoms with Gasteiger partial charge in [0.15, 0.2) is 5.69 Å². The molecule has 0 N–H and O–H groups in total. The lowest BCUT2D eigenvalue weighted by atomic mass is 9.96. The molecule has 2 aliphatic heterocycles. The van der Waals surface area contributed by atoms with Crippen LogP contribution in [0, 0.1) is 5.92 Å². The number of aromatic nitrogens is 3. The van der Waals surface area contributed by atoms with Crippen LogP contribution in [0.15, 0.2) is 6.20 Å². The molecule has 1 aromatic rings. The molecule has 0 radical (unpaired) electrons. The summed E-state index contributed by atoms with van der Waals surface area (Å²) in [6.07, 6.45) is 7.31. The fourth-order valence-electron chi connectivity index (χ4n) is 4.25. The van der Waals surface area contributed by atoms with Crippen LogP contribution in [0.4, 0.5) is 0 Å². The van der Waals surface area contributed by atoms with Gasteiger partial charge in [-0.15, -0.1) is 5.10 Å². The molecule has 0 aliphatic carbocycles. The Kier molecular flexibility index (Phi) is 7.42.